The Bertz CT molecular complexity index is 1100. The summed E-state index contributed by atoms with van der Waals surface area (Å²) in [5.41, 5.74) is -0.738. The second kappa shape index (κ2) is 10.2. The maximum atomic E-state index is 14.6. The molecule has 0 saturated carbocycles. The molecular formula is C26H34F4N6O. The van der Waals surface area contributed by atoms with Crippen LogP contribution in [0.3, 0.4) is 0 Å². The number of hydrogen-bond donors (Lipinski definition) is 3. The molecule has 202 valence electrons. The van der Waals surface area contributed by atoms with E-state index in [1.807, 2.05) is 0 Å². The number of halogens is 4. The lowest BCUT2D eigenvalue weighted by Gasteiger charge is -2.47. The molecule has 4 heterocycles. The topological polar surface area (TPSA) is 74.3 Å². The smallest absolute Gasteiger partial charge is 0.420 e. The molecule has 3 fully saturated rings. The van der Waals surface area contributed by atoms with E-state index in [1.165, 1.54) is 18.6 Å². The minimum absolute atomic E-state index is 0.00633. The number of nitrogens with one attached hydrogen (secondary N) is 3. The quantitative estimate of drug-likeness (QED) is 0.443. The van der Waals surface area contributed by atoms with Crippen LogP contribution in [0.2, 0.25) is 0 Å². The highest BCUT2D eigenvalue weighted by molar-refractivity contribution is 5.59. The van der Waals surface area contributed by atoms with Crippen molar-refractivity contribution in [2.75, 3.05) is 30.3 Å². The van der Waals surface area contributed by atoms with E-state index >= 15 is 0 Å². The summed E-state index contributed by atoms with van der Waals surface area (Å²) in [6, 6.07) is 4.27. The second-order valence-electron chi connectivity index (χ2n) is 10.9. The molecule has 11 heteroatoms. The van der Waals surface area contributed by atoms with Crippen molar-refractivity contribution in [3.05, 3.63) is 35.8 Å². The Labute approximate surface area is 214 Å². The highest BCUT2D eigenvalue weighted by atomic mass is 19.4. The Hall–Kier alpha value is -2.66. The number of aromatic nitrogens is 2. The fourth-order valence-electron chi connectivity index (χ4n) is 6.00. The Morgan fingerprint density at radius 1 is 1.16 bits per heavy atom. The van der Waals surface area contributed by atoms with E-state index in [0.29, 0.717) is 32.0 Å². The van der Waals surface area contributed by atoms with Crippen LogP contribution < -0.4 is 20.7 Å². The van der Waals surface area contributed by atoms with E-state index in [0.717, 1.165) is 38.1 Å². The van der Waals surface area contributed by atoms with Crippen LogP contribution >= 0.6 is 0 Å². The maximum Gasteiger partial charge on any atom is 0.420 e. The zero-order valence-corrected chi connectivity index (χ0v) is 21.2. The standard InChI is InChI=1S/C26H34F4N6O/c1-25(2)14-17(12-18-4-3-11-36(18)25)33-23-21(27)15-32-24(35-23)34-16-5-6-22(20(13-16)26(28,29)30)37-19-7-9-31-10-8-19/h5-6,13,15,17-19,31H,3-4,7-12,14H2,1-2H3,(H2,32,33,34,35)/t17-,18+/m1/s1. The average Bonchev–Trinajstić information content (AvgIpc) is 3.32. The maximum absolute atomic E-state index is 14.6. The van der Waals surface area contributed by atoms with Gasteiger partial charge in [-0.15, -0.1) is 0 Å². The molecule has 3 aliphatic heterocycles. The highest BCUT2D eigenvalue weighted by Gasteiger charge is 2.43. The van der Waals surface area contributed by atoms with Gasteiger partial charge in [-0.2, -0.15) is 18.2 Å². The number of nitrogens with zero attached hydrogens (tertiary/aromatic N) is 3. The van der Waals surface area contributed by atoms with E-state index < -0.39 is 17.6 Å². The number of anilines is 3. The molecule has 0 amide bonds. The number of hydrogen-bond acceptors (Lipinski definition) is 7. The third kappa shape index (κ3) is 5.93. The van der Waals surface area contributed by atoms with E-state index in [1.54, 1.807) is 0 Å². The molecule has 1 aromatic carbocycles. The van der Waals surface area contributed by atoms with Crippen LogP contribution in [0, 0.1) is 5.82 Å². The van der Waals surface area contributed by atoms with Crippen molar-refractivity contribution in [3.8, 4) is 5.75 Å². The summed E-state index contributed by atoms with van der Waals surface area (Å²) in [5.74, 6) is -0.736. The molecular weight excluding hydrogens is 488 g/mol. The van der Waals surface area contributed by atoms with Crippen molar-refractivity contribution in [2.45, 2.75) is 82.3 Å². The van der Waals surface area contributed by atoms with E-state index in [2.05, 4.69) is 44.7 Å². The largest absolute Gasteiger partial charge is 0.490 e. The van der Waals surface area contributed by atoms with Gasteiger partial charge in [-0.05, 0) is 90.2 Å². The molecule has 0 aliphatic carbocycles. The number of ether oxygens (including phenoxy) is 1. The third-order valence-corrected chi connectivity index (χ3v) is 7.66. The Kier molecular flexibility index (Phi) is 7.19. The van der Waals surface area contributed by atoms with Gasteiger partial charge in [0.1, 0.15) is 11.9 Å². The number of benzene rings is 1. The highest BCUT2D eigenvalue weighted by Crippen LogP contribution is 2.40. The van der Waals surface area contributed by atoms with E-state index in [9.17, 15) is 17.6 Å². The zero-order valence-electron chi connectivity index (χ0n) is 21.2. The van der Waals surface area contributed by atoms with Gasteiger partial charge in [0.2, 0.25) is 5.95 Å². The molecule has 0 unspecified atom stereocenters. The molecule has 2 aromatic rings. The van der Waals surface area contributed by atoms with E-state index in [-0.39, 0.29) is 40.9 Å². The summed E-state index contributed by atoms with van der Waals surface area (Å²) in [6.45, 7) is 6.92. The average molecular weight is 523 g/mol. The summed E-state index contributed by atoms with van der Waals surface area (Å²) in [7, 11) is 0. The first kappa shape index (κ1) is 26.0. The molecule has 37 heavy (non-hydrogen) atoms. The number of fused-ring (bicyclic) bond motifs is 1. The van der Waals surface area contributed by atoms with Crippen molar-refractivity contribution in [2.24, 2.45) is 0 Å². The Balaban J connectivity index is 1.32. The van der Waals surface area contributed by atoms with Crippen LogP contribution in [0.5, 0.6) is 5.75 Å². The van der Waals surface area contributed by atoms with Crippen LogP contribution in [0.1, 0.15) is 57.9 Å². The first-order chi connectivity index (χ1) is 17.6. The molecule has 0 radical (unpaired) electrons. The minimum atomic E-state index is -4.60. The number of rotatable bonds is 6. The lowest BCUT2D eigenvalue weighted by atomic mass is 9.84. The molecule has 7 nitrogen and oxygen atoms in total. The van der Waals surface area contributed by atoms with Gasteiger partial charge in [0.25, 0.3) is 0 Å². The first-order valence-corrected chi connectivity index (χ1v) is 13.0. The normalized spacial score (nSPS) is 24.5. The van der Waals surface area contributed by atoms with Gasteiger partial charge in [-0.25, -0.2) is 9.37 Å². The second-order valence-corrected chi connectivity index (χ2v) is 10.9. The van der Waals surface area contributed by atoms with Gasteiger partial charge >= 0.3 is 6.18 Å². The summed E-state index contributed by atoms with van der Waals surface area (Å²) >= 11 is 0. The SMILES string of the molecule is CC1(C)C[C@H](Nc2nc(Nc3ccc(OC4CCNCC4)c(C(F)(F)F)c3)ncc2F)C[C@@H]2CCCN21. The number of piperidine rings is 2. The zero-order chi connectivity index (χ0) is 26.2. The van der Waals surface area contributed by atoms with Crippen molar-refractivity contribution >= 4 is 17.5 Å². The fraction of sp³-hybridized carbons (Fsp3) is 0.615. The fourth-order valence-corrected chi connectivity index (χ4v) is 6.00. The molecule has 3 N–H and O–H groups in total. The van der Waals surface area contributed by atoms with Gasteiger partial charge < -0.3 is 20.7 Å². The molecule has 0 bridgehead atoms. The lowest BCUT2D eigenvalue weighted by Crippen LogP contribution is -2.55. The predicted octanol–water partition coefficient (Wildman–Crippen LogP) is 5.33. The van der Waals surface area contributed by atoms with Crippen LogP contribution in [0.15, 0.2) is 24.4 Å². The summed E-state index contributed by atoms with van der Waals surface area (Å²) < 4.78 is 61.8. The first-order valence-electron chi connectivity index (χ1n) is 13.0. The van der Waals surface area contributed by atoms with Gasteiger partial charge in [0.15, 0.2) is 11.6 Å². The van der Waals surface area contributed by atoms with Crippen LogP contribution in [0.25, 0.3) is 0 Å². The van der Waals surface area contributed by atoms with Gasteiger partial charge in [0, 0.05) is 23.3 Å². The predicted molar refractivity (Wildman–Crippen MR) is 134 cm³/mol. The van der Waals surface area contributed by atoms with Crippen molar-refractivity contribution < 1.29 is 22.3 Å². The monoisotopic (exact) mass is 522 g/mol. The van der Waals surface area contributed by atoms with Gasteiger partial charge in [0.05, 0.1) is 11.8 Å². The summed E-state index contributed by atoms with van der Waals surface area (Å²) in [6.07, 6.45) is 1.48. The van der Waals surface area contributed by atoms with Gasteiger partial charge in [-0.1, -0.05) is 0 Å². The minimum Gasteiger partial charge on any atom is -0.490 e. The molecule has 1 aromatic heterocycles. The van der Waals surface area contributed by atoms with Crippen molar-refractivity contribution in [3.63, 3.8) is 0 Å². The molecule has 0 spiro atoms. The Morgan fingerprint density at radius 2 is 1.95 bits per heavy atom. The Morgan fingerprint density at radius 3 is 2.70 bits per heavy atom. The van der Waals surface area contributed by atoms with Crippen molar-refractivity contribution in [1.29, 1.82) is 0 Å². The summed E-state index contributed by atoms with van der Waals surface area (Å²) in [5, 5.41) is 9.21. The van der Waals surface area contributed by atoms with Gasteiger partial charge in [-0.3, -0.25) is 4.90 Å². The summed E-state index contributed by atoms with van der Waals surface area (Å²) in [4.78, 5) is 10.7. The van der Waals surface area contributed by atoms with Crippen LogP contribution in [-0.2, 0) is 6.18 Å². The number of alkyl halides is 3. The molecule has 5 rings (SSSR count). The van der Waals surface area contributed by atoms with Crippen LogP contribution in [0.4, 0.5) is 35.0 Å². The lowest BCUT2D eigenvalue weighted by molar-refractivity contribution is -0.139. The van der Waals surface area contributed by atoms with Crippen molar-refractivity contribution in [1.82, 2.24) is 20.2 Å². The van der Waals surface area contributed by atoms with E-state index in [4.69, 9.17) is 4.74 Å². The van der Waals surface area contributed by atoms with Crippen LogP contribution in [-0.4, -0.2) is 58.2 Å². The molecule has 2 atom stereocenters. The molecule has 3 aliphatic rings. The molecule has 3 saturated heterocycles. The third-order valence-electron chi connectivity index (χ3n) is 7.66.